The summed E-state index contributed by atoms with van der Waals surface area (Å²) < 4.78 is 1.73. The van der Waals surface area contributed by atoms with Crippen LogP contribution in [0.3, 0.4) is 0 Å². The second-order valence-corrected chi connectivity index (χ2v) is 4.68. The van der Waals surface area contributed by atoms with Crippen LogP contribution in [-0.4, -0.2) is 20.6 Å². The lowest BCUT2D eigenvalue weighted by Gasteiger charge is -2.15. The maximum absolute atomic E-state index is 11.6. The second-order valence-electron chi connectivity index (χ2n) is 4.68. The van der Waals surface area contributed by atoms with Gasteiger partial charge in [0, 0.05) is 6.42 Å². The van der Waals surface area contributed by atoms with Crippen molar-refractivity contribution in [1.29, 1.82) is 0 Å². The largest absolute Gasteiger partial charge is 0.480 e. The van der Waals surface area contributed by atoms with Gasteiger partial charge in [0.2, 0.25) is 0 Å². The summed E-state index contributed by atoms with van der Waals surface area (Å²) in [6.45, 7) is 0. The maximum Gasteiger partial charge on any atom is 0.327 e. The third-order valence-corrected chi connectivity index (χ3v) is 3.37. The fourth-order valence-electron chi connectivity index (χ4n) is 2.37. The van der Waals surface area contributed by atoms with E-state index in [1.54, 1.807) is 10.9 Å². The zero-order valence-corrected chi connectivity index (χ0v) is 10.8. The lowest BCUT2D eigenvalue weighted by Crippen LogP contribution is -2.20. The number of hydrogen-bond donors (Lipinski definition) is 1. The Hall–Kier alpha value is -2.62. The average molecular weight is 266 g/mol. The van der Waals surface area contributed by atoms with Crippen LogP contribution in [0.5, 0.6) is 0 Å². The van der Waals surface area contributed by atoms with Crippen molar-refractivity contribution in [3.05, 3.63) is 66.5 Å². The fraction of sp³-hybridized carbons (Fsp3) is 0.125. The van der Waals surface area contributed by atoms with Crippen molar-refractivity contribution in [2.75, 3.05) is 0 Å². The molecule has 0 bridgehead atoms. The highest BCUT2D eigenvalue weighted by Crippen LogP contribution is 2.21. The van der Waals surface area contributed by atoms with Crippen LogP contribution in [0, 0.1) is 0 Å². The first-order valence-electron chi connectivity index (χ1n) is 6.44. The second kappa shape index (κ2) is 5.17. The molecule has 1 atom stereocenters. The molecule has 1 aromatic heterocycles. The van der Waals surface area contributed by atoms with Crippen molar-refractivity contribution in [1.82, 2.24) is 9.55 Å². The minimum absolute atomic E-state index is 0.441. The Kier molecular flexibility index (Phi) is 3.21. The number of rotatable bonds is 4. The molecule has 1 heterocycles. The van der Waals surface area contributed by atoms with Crippen LogP contribution < -0.4 is 0 Å². The van der Waals surface area contributed by atoms with Crippen LogP contribution >= 0.6 is 0 Å². The summed E-state index contributed by atoms with van der Waals surface area (Å²) >= 11 is 0. The Bertz CT molecular complexity index is 734. The van der Waals surface area contributed by atoms with E-state index in [1.807, 2.05) is 54.6 Å². The summed E-state index contributed by atoms with van der Waals surface area (Å²) in [6.07, 6.45) is 2.04. The zero-order valence-electron chi connectivity index (χ0n) is 10.8. The molecule has 0 radical (unpaired) electrons. The van der Waals surface area contributed by atoms with E-state index >= 15 is 0 Å². The first kappa shape index (κ1) is 12.4. The highest BCUT2D eigenvalue weighted by Gasteiger charge is 2.21. The van der Waals surface area contributed by atoms with Crippen LogP contribution in [0.4, 0.5) is 0 Å². The maximum atomic E-state index is 11.6. The van der Waals surface area contributed by atoms with Crippen molar-refractivity contribution in [2.24, 2.45) is 0 Å². The van der Waals surface area contributed by atoms with Crippen LogP contribution in [0.2, 0.25) is 0 Å². The molecule has 3 aromatic rings. The van der Waals surface area contributed by atoms with Gasteiger partial charge >= 0.3 is 5.97 Å². The smallest absolute Gasteiger partial charge is 0.327 e. The Morgan fingerprint density at radius 2 is 1.80 bits per heavy atom. The molecule has 0 aliphatic rings. The number of carboxylic acids is 1. The molecule has 100 valence electrons. The standard InChI is InChI=1S/C16H14N2O2/c19-16(20)15(10-12-6-2-1-3-7-12)18-11-17-13-8-4-5-9-14(13)18/h1-9,11,15H,10H2,(H,19,20). The Morgan fingerprint density at radius 1 is 1.10 bits per heavy atom. The van der Waals surface area contributed by atoms with Crippen molar-refractivity contribution < 1.29 is 9.90 Å². The summed E-state index contributed by atoms with van der Waals surface area (Å²) in [5.41, 5.74) is 2.65. The molecular formula is C16H14N2O2. The van der Waals surface area contributed by atoms with Crippen molar-refractivity contribution >= 4 is 17.0 Å². The molecule has 20 heavy (non-hydrogen) atoms. The third kappa shape index (κ3) is 2.28. The van der Waals surface area contributed by atoms with Gasteiger partial charge in [-0.2, -0.15) is 0 Å². The number of imidazole rings is 1. The molecule has 2 aromatic carbocycles. The molecule has 0 amide bonds. The number of aliphatic carboxylic acids is 1. The van der Waals surface area contributed by atoms with Gasteiger partial charge in [0.1, 0.15) is 6.04 Å². The van der Waals surface area contributed by atoms with Gasteiger partial charge < -0.3 is 9.67 Å². The molecule has 3 rings (SSSR count). The minimum Gasteiger partial charge on any atom is -0.480 e. The van der Waals surface area contributed by atoms with E-state index in [9.17, 15) is 9.90 Å². The SMILES string of the molecule is O=C(O)C(Cc1ccccc1)n1cnc2ccccc21. The average Bonchev–Trinajstić information content (AvgIpc) is 2.89. The third-order valence-electron chi connectivity index (χ3n) is 3.37. The summed E-state index contributed by atoms with van der Waals surface area (Å²) in [5.74, 6) is -0.850. The molecule has 0 fully saturated rings. The minimum atomic E-state index is -0.850. The van der Waals surface area contributed by atoms with Gasteiger partial charge in [-0.05, 0) is 17.7 Å². The number of carbonyl (C=O) groups is 1. The predicted octanol–water partition coefficient (Wildman–Crippen LogP) is 2.90. The molecular weight excluding hydrogens is 252 g/mol. The molecule has 1 N–H and O–H groups in total. The molecule has 0 saturated carbocycles. The molecule has 4 nitrogen and oxygen atoms in total. The Morgan fingerprint density at radius 3 is 2.55 bits per heavy atom. The van der Waals surface area contributed by atoms with Crippen molar-refractivity contribution in [2.45, 2.75) is 12.5 Å². The normalized spacial score (nSPS) is 12.4. The van der Waals surface area contributed by atoms with Gasteiger partial charge in [-0.15, -0.1) is 0 Å². The number of carboxylic acid groups (broad SMARTS) is 1. The highest BCUT2D eigenvalue weighted by molar-refractivity contribution is 5.79. The summed E-state index contributed by atoms with van der Waals surface area (Å²) in [7, 11) is 0. The molecule has 0 aliphatic carbocycles. The molecule has 0 spiro atoms. The van der Waals surface area contributed by atoms with E-state index in [4.69, 9.17) is 0 Å². The number of para-hydroxylation sites is 2. The molecule has 0 saturated heterocycles. The monoisotopic (exact) mass is 266 g/mol. The summed E-state index contributed by atoms with van der Waals surface area (Å²) in [6, 6.07) is 16.5. The summed E-state index contributed by atoms with van der Waals surface area (Å²) in [4.78, 5) is 15.9. The van der Waals surface area contributed by atoms with Crippen molar-refractivity contribution in [3.63, 3.8) is 0 Å². The first-order valence-corrected chi connectivity index (χ1v) is 6.44. The van der Waals surface area contributed by atoms with Crippen LogP contribution in [0.15, 0.2) is 60.9 Å². The van der Waals surface area contributed by atoms with E-state index in [-0.39, 0.29) is 0 Å². The van der Waals surface area contributed by atoms with Gasteiger partial charge in [0.15, 0.2) is 0 Å². The molecule has 1 unspecified atom stereocenters. The predicted molar refractivity (Wildman–Crippen MR) is 76.6 cm³/mol. The summed E-state index contributed by atoms with van der Waals surface area (Å²) in [5, 5.41) is 9.52. The number of benzene rings is 2. The fourth-order valence-corrected chi connectivity index (χ4v) is 2.37. The van der Waals surface area contributed by atoms with Gasteiger partial charge in [-0.25, -0.2) is 9.78 Å². The zero-order chi connectivity index (χ0) is 13.9. The topological polar surface area (TPSA) is 55.1 Å². The first-order chi connectivity index (χ1) is 9.75. The van der Waals surface area contributed by atoms with E-state index in [2.05, 4.69) is 4.98 Å². The van der Waals surface area contributed by atoms with Gasteiger partial charge in [-0.3, -0.25) is 0 Å². The number of nitrogens with zero attached hydrogens (tertiary/aromatic N) is 2. The Labute approximate surface area is 116 Å². The van der Waals surface area contributed by atoms with Gasteiger partial charge in [-0.1, -0.05) is 42.5 Å². The quantitative estimate of drug-likeness (QED) is 0.790. The van der Waals surface area contributed by atoms with E-state index in [0.29, 0.717) is 6.42 Å². The number of fused-ring (bicyclic) bond motifs is 1. The lowest BCUT2D eigenvalue weighted by atomic mass is 10.1. The number of aromatic nitrogens is 2. The van der Waals surface area contributed by atoms with Crippen LogP contribution in [0.25, 0.3) is 11.0 Å². The van der Waals surface area contributed by atoms with E-state index < -0.39 is 12.0 Å². The van der Waals surface area contributed by atoms with Crippen LogP contribution in [0.1, 0.15) is 11.6 Å². The van der Waals surface area contributed by atoms with Gasteiger partial charge in [0.25, 0.3) is 0 Å². The highest BCUT2D eigenvalue weighted by atomic mass is 16.4. The Balaban J connectivity index is 2.01. The van der Waals surface area contributed by atoms with E-state index in [1.165, 1.54) is 0 Å². The van der Waals surface area contributed by atoms with Gasteiger partial charge in [0.05, 0.1) is 17.4 Å². The lowest BCUT2D eigenvalue weighted by molar-refractivity contribution is -0.140. The van der Waals surface area contributed by atoms with E-state index in [0.717, 1.165) is 16.6 Å². The molecule has 4 heteroatoms. The van der Waals surface area contributed by atoms with Crippen LogP contribution in [-0.2, 0) is 11.2 Å². The van der Waals surface area contributed by atoms with Crippen molar-refractivity contribution in [3.8, 4) is 0 Å². The molecule has 0 aliphatic heterocycles. The number of hydrogen-bond acceptors (Lipinski definition) is 2.